The average Bonchev–Trinajstić information content (AvgIpc) is 3.53. The summed E-state index contributed by atoms with van der Waals surface area (Å²) in [6, 6.07) is 6.31. The Balaban J connectivity index is 1.53. The lowest BCUT2D eigenvalue weighted by atomic mass is 9.99. The largest absolute Gasteiger partial charge is 0.413 e. The van der Waals surface area contributed by atoms with Crippen molar-refractivity contribution in [3.05, 3.63) is 59.2 Å². The summed E-state index contributed by atoms with van der Waals surface area (Å²) in [4.78, 5) is 19.6. The number of benzene rings is 1. The van der Waals surface area contributed by atoms with Crippen LogP contribution in [0.1, 0.15) is 42.5 Å². The minimum atomic E-state index is -4.84. The number of hydrogen-bond acceptors (Lipinski definition) is 6. The van der Waals surface area contributed by atoms with Crippen molar-refractivity contribution in [2.45, 2.75) is 45.8 Å². The first-order valence-electron chi connectivity index (χ1n) is 13.0. The predicted octanol–water partition coefficient (Wildman–Crippen LogP) is 5.13. The lowest BCUT2D eigenvalue weighted by Gasteiger charge is -2.29. The summed E-state index contributed by atoms with van der Waals surface area (Å²) >= 11 is 0. The Morgan fingerprint density at radius 2 is 1.80 bits per heavy atom. The topological polar surface area (TPSA) is 89.6 Å². The average molecular weight is 578 g/mol. The van der Waals surface area contributed by atoms with Crippen LogP contribution in [-0.4, -0.2) is 62.8 Å². The quantitative estimate of drug-likeness (QED) is 0.320. The van der Waals surface area contributed by atoms with Crippen molar-refractivity contribution < 1.29 is 31.5 Å². The number of aromatic nitrogens is 5. The normalized spacial score (nSPS) is 14.6. The summed E-state index contributed by atoms with van der Waals surface area (Å²) in [6.07, 6.45) is -3.53. The van der Waals surface area contributed by atoms with Gasteiger partial charge in [-0.25, -0.2) is 14.1 Å². The van der Waals surface area contributed by atoms with Gasteiger partial charge in [0.2, 0.25) is 5.95 Å². The Morgan fingerprint density at radius 3 is 2.46 bits per heavy atom. The zero-order valence-electron chi connectivity index (χ0n) is 22.8. The number of pyridine rings is 1. The van der Waals surface area contributed by atoms with Gasteiger partial charge in [0, 0.05) is 19.5 Å². The van der Waals surface area contributed by atoms with E-state index in [1.54, 1.807) is 17.5 Å². The minimum absolute atomic E-state index is 0.0876. The Morgan fingerprint density at radius 1 is 1.10 bits per heavy atom. The molecule has 0 atom stereocenters. The summed E-state index contributed by atoms with van der Waals surface area (Å²) in [5.41, 5.74) is -1.37. The Labute approximate surface area is 231 Å². The number of nitrogens with one attached hydrogen (secondary N) is 1. The highest BCUT2D eigenvalue weighted by atomic mass is 19.4. The molecule has 1 amide bonds. The van der Waals surface area contributed by atoms with Gasteiger partial charge < -0.3 is 15.0 Å². The number of hydrogen-bond donors (Lipinski definition) is 1. The van der Waals surface area contributed by atoms with Gasteiger partial charge in [-0.15, -0.1) is 5.10 Å². The fourth-order valence-corrected chi connectivity index (χ4v) is 4.60. The van der Waals surface area contributed by atoms with Crippen LogP contribution in [0.25, 0.3) is 16.8 Å². The maximum absolute atomic E-state index is 15.0. The molecule has 14 heteroatoms. The number of morpholine rings is 1. The van der Waals surface area contributed by atoms with E-state index < -0.39 is 35.0 Å². The highest BCUT2D eigenvalue weighted by molar-refractivity contribution is 6.04. The maximum Gasteiger partial charge on any atom is 0.413 e. The molecule has 4 aromatic rings. The van der Waals surface area contributed by atoms with E-state index >= 15 is 4.39 Å². The van der Waals surface area contributed by atoms with Crippen molar-refractivity contribution in [3.63, 3.8) is 0 Å². The third-order valence-corrected chi connectivity index (χ3v) is 7.17. The first-order valence-corrected chi connectivity index (χ1v) is 13.0. The summed E-state index contributed by atoms with van der Waals surface area (Å²) in [7, 11) is 0. The van der Waals surface area contributed by atoms with Gasteiger partial charge in [-0.1, -0.05) is 6.92 Å². The van der Waals surface area contributed by atoms with E-state index in [1.165, 1.54) is 12.1 Å². The van der Waals surface area contributed by atoms with Crippen molar-refractivity contribution in [2.24, 2.45) is 0 Å². The van der Waals surface area contributed by atoms with Crippen LogP contribution < -0.4 is 10.2 Å². The number of nitrogens with zero attached hydrogens (tertiary/aromatic N) is 6. The number of carbonyl (C=O) groups is 1. The zero-order chi connectivity index (χ0) is 29.7. The zero-order valence-corrected chi connectivity index (χ0v) is 22.8. The maximum atomic E-state index is 15.0. The van der Waals surface area contributed by atoms with Crippen molar-refractivity contribution in [1.82, 2.24) is 24.4 Å². The number of anilines is 2. The molecule has 3 aromatic heterocycles. The van der Waals surface area contributed by atoms with Crippen LogP contribution in [0, 0.1) is 18.7 Å². The second-order valence-corrected chi connectivity index (χ2v) is 10.3. The fourth-order valence-electron chi connectivity index (χ4n) is 4.60. The highest BCUT2D eigenvalue weighted by Gasteiger charge is 2.51. The van der Waals surface area contributed by atoms with E-state index in [-0.39, 0.29) is 10.4 Å². The Hall–Kier alpha value is -4.07. The van der Waals surface area contributed by atoms with Gasteiger partial charge in [0.25, 0.3) is 5.91 Å². The number of amides is 1. The van der Waals surface area contributed by atoms with Crippen molar-refractivity contribution in [1.29, 1.82) is 0 Å². The number of ether oxygens (including phenoxy) is 1. The Bertz CT molecular complexity index is 1620. The van der Waals surface area contributed by atoms with Crippen LogP contribution in [0.4, 0.5) is 33.5 Å². The molecule has 41 heavy (non-hydrogen) atoms. The third-order valence-electron chi connectivity index (χ3n) is 7.17. The van der Waals surface area contributed by atoms with E-state index in [0.29, 0.717) is 67.1 Å². The van der Waals surface area contributed by atoms with Crippen molar-refractivity contribution >= 4 is 23.1 Å². The van der Waals surface area contributed by atoms with Crippen LogP contribution in [0.15, 0.2) is 30.5 Å². The Kier molecular flexibility index (Phi) is 7.22. The summed E-state index contributed by atoms with van der Waals surface area (Å²) in [5, 5.41) is 10.3. The summed E-state index contributed by atoms with van der Waals surface area (Å²) in [6.45, 7) is 7.46. The lowest BCUT2D eigenvalue weighted by molar-refractivity contribution is -0.208. The first kappa shape index (κ1) is 28.5. The van der Waals surface area contributed by atoms with Crippen LogP contribution >= 0.6 is 0 Å². The SMILES string of the molecule is CCc1nc2cc(-c3cc(NC(=O)c4cnn(C(C)(C)C(F)(F)F)c4F)c(F)cc3C)cc(N3CCOCC3)n2n1. The van der Waals surface area contributed by atoms with Crippen LogP contribution in [-0.2, 0) is 16.7 Å². The van der Waals surface area contributed by atoms with E-state index in [1.807, 2.05) is 13.0 Å². The smallest absolute Gasteiger partial charge is 0.378 e. The minimum Gasteiger partial charge on any atom is -0.378 e. The predicted molar refractivity (Wildman–Crippen MR) is 141 cm³/mol. The highest BCUT2D eigenvalue weighted by Crippen LogP contribution is 2.37. The van der Waals surface area contributed by atoms with Gasteiger partial charge in [0.1, 0.15) is 17.2 Å². The van der Waals surface area contributed by atoms with Crippen LogP contribution in [0.3, 0.4) is 0 Å². The number of alkyl halides is 3. The molecule has 0 unspecified atom stereocenters. The van der Waals surface area contributed by atoms with E-state index in [9.17, 15) is 22.4 Å². The summed E-state index contributed by atoms with van der Waals surface area (Å²) < 4.78 is 77.5. The molecular formula is C27H28F5N7O2. The molecule has 0 spiro atoms. The molecule has 4 heterocycles. The third kappa shape index (κ3) is 5.11. The number of halogens is 5. The summed E-state index contributed by atoms with van der Waals surface area (Å²) in [5.74, 6) is -2.01. The molecule has 0 bridgehead atoms. The van der Waals surface area contributed by atoms with Gasteiger partial charge in [-0.3, -0.25) is 4.79 Å². The van der Waals surface area contributed by atoms with Gasteiger partial charge in [0.05, 0.1) is 25.1 Å². The molecular weight excluding hydrogens is 549 g/mol. The molecule has 1 fully saturated rings. The standard InChI is InChI=1S/C27H28F5N7O2/c1-5-21-35-22-11-16(12-23(38(22)36-21)37-6-8-41-9-7-37)17-13-20(19(28)10-15(17)2)34-25(40)18-14-33-39(24(18)29)26(3,4)27(30,31)32/h10-14H,5-9H2,1-4H3,(H,34,40). The molecule has 0 aliphatic carbocycles. The lowest BCUT2D eigenvalue weighted by Crippen LogP contribution is -2.43. The second kappa shape index (κ2) is 10.4. The molecule has 5 rings (SSSR count). The molecule has 1 aromatic carbocycles. The number of carbonyl (C=O) groups excluding carboxylic acids is 1. The van der Waals surface area contributed by atoms with Gasteiger partial charge >= 0.3 is 6.18 Å². The van der Waals surface area contributed by atoms with Crippen molar-refractivity contribution in [2.75, 3.05) is 36.5 Å². The number of aryl methyl sites for hydroxylation is 2. The number of rotatable bonds is 6. The monoisotopic (exact) mass is 577 g/mol. The molecule has 1 aliphatic heterocycles. The van der Waals surface area contributed by atoms with E-state index in [0.717, 1.165) is 19.7 Å². The molecule has 218 valence electrons. The number of fused-ring (bicyclic) bond motifs is 1. The molecule has 1 N–H and O–H groups in total. The van der Waals surface area contributed by atoms with E-state index in [4.69, 9.17) is 4.74 Å². The molecule has 0 radical (unpaired) electrons. The van der Waals surface area contributed by atoms with Crippen LogP contribution in [0.2, 0.25) is 0 Å². The molecule has 9 nitrogen and oxygen atoms in total. The van der Waals surface area contributed by atoms with Crippen molar-refractivity contribution in [3.8, 4) is 11.1 Å². The van der Waals surface area contributed by atoms with Crippen LogP contribution in [0.5, 0.6) is 0 Å². The van der Waals surface area contributed by atoms with E-state index in [2.05, 4.69) is 25.4 Å². The molecule has 0 saturated carbocycles. The second-order valence-electron chi connectivity index (χ2n) is 10.3. The molecule has 1 saturated heterocycles. The molecule has 1 aliphatic rings. The van der Waals surface area contributed by atoms with Gasteiger partial charge in [-0.05, 0) is 61.7 Å². The first-order chi connectivity index (χ1) is 19.3. The van der Waals surface area contributed by atoms with Gasteiger partial charge in [0.15, 0.2) is 17.0 Å². The van der Waals surface area contributed by atoms with Gasteiger partial charge in [-0.2, -0.15) is 27.2 Å². The fraction of sp³-hybridized carbons (Fsp3) is 0.407.